The molecule has 0 nitrogen and oxygen atoms in total. The van der Waals surface area contributed by atoms with Crippen LogP contribution in [-0.4, -0.2) is 12.3 Å². The van der Waals surface area contributed by atoms with Crippen LogP contribution < -0.4 is 0 Å². The van der Waals surface area contributed by atoms with Crippen molar-refractivity contribution in [2.75, 3.05) is 6.66 Å². The molecule has 0 amide bonds. The Hall–Kier alpha value is 0.430. The summed E-state index contributed by atoms with van der Waals surface area (Å²) in [4.78, 5) is 0. The SMILES string of the molecule is C[P]C1CCCCCCCCCCC1. The van der Waals surface area contributed by atoms with Gasteiger partial charge in [0.2, 0.25) is 0 Å². The number of rotatable bonds is 1. The fourth-order valence-corrected chi connectivity index (χ4v) is 3.28. The maximum atomic E-state index is 2.34. The lowest BCUT2D eigenvalue weighted by Gasteiger charge is -2.14. The summed E-state index contributed by atoms with van der Waals surface area (Å²) in [5, 5.41) is 0. The molecule has 0 aromatic heterocycles. The molecular weight excluding hydrogens is 187 g/mol. The van der Waals surface area contributed by atoms with Gasteiger partial charge in [0, 0.05) is 0 Å². The van der Waals surface area contributed by atoms with Crippen LogP contribution in [0.15, 0.2) is 0 Å². The highest BCUT2D eigenvalue weighted by Crippen LogP contribution is 2.27. The summed E-state index contributed by atoms with van der Waals surface area (Å²) in [5.41, 5.74) is 1.02. The van der Waals surface area contributed by atoms with E-state index < -0.39 is 0 Å². The van der Waals surface area contributed by atoms with Gasteiger partial charge in [-0.25, -0.2) is 0 Å². The zero-order valence-electron chi connectivity index (χ0n) is 9.80. The van der Waals surface area contributed by atoms with Gasteiger partial charge in [-0.05, 0) is 25.2 Å². The van der Waals surface area contributed by atoms with Gasteiger partial charge in [0.25, 0.3) is 0 Å². The van der Waals surface area contributed by atoms with Crippen LogP contribution in [-0.2, 0) is 0 Å². The minimum atomic E-state index is 1.02. The Kier molecular flexibility index (Phi) is 7.78. The molecule has 0 heterocycles. The first-order valence-corrected chi connectivity index (χ1v) is 7.93. The van der Waals surface area contributed by atoms with Gasteiger partial charge >= 0.3 is 0 Å². The minimum Gasteiger partial charge on any atom is -0.0810 e. The summed E-state index contributed by atoms with van der Waals surface area (Å²) >= 11 is 0. The topological polar surface area (TPSA) is 0 Å². The molecule has 1 aliphatic rings. The van der Waals surface area contributed by atoms with Crippen molar-refractivity contribution in [1.29, 1.82) is 0 Å². The van der Waals surface area contributed by atoms with Gasteiger partial charge in [-0.1, -0.05) is 66.4 Å². The monoisotopic (exact) mass is 213 g/mol. The van der Waals surface area contributed by atoms with E-state index in [2.05, 4.69) is 6.66 Å². The molecule has 0 saturated heterocycles. The van der Waals surface area contributed by atoms with Crippen LogP contribution in [0.5, 0.6) is 0 Å². The zero-order chi connectivity index (χ0) is 10.1. The quantitative estimate of drug-likeness (QED) is 0.523. The molecule has 83 valence electrons. The fraction of sp³-hybridized carbons (Fsp3) is 1.00. The first-order valence-electron chi connectivity index (χ1n) is 6.52. The van der Waals surface area contributed by atoms with E-state index in [4.69, 9.17) is 0 Å². The van der Waals surface area contributed by atoms with Gasteiger partial charge in [0.15, 0.2) is 0 Å². The molecule has 0 aromatic carbocycles. The van der Waals surface area contributed by atoms with E-state index in [1.54, 1.807) is 8.58 Å². The first kappa shape index (κ1) is 12.5. The molecule has 0 spiro atoms. The molecule has 0 atom stereocenters. The van der Waals surface area contributed by atoms with E-state index in [0.717, 1.165) is 5.66 Å². The van der Waals surface area contributed by atoms with Gasteiger partial charge in [-0.2, -0.15) is 0 Å². The molecule has 1 saturated carbocycles. The van der Waals surface area contributed by atoms with E-state index in [1.165, 1.54) is 70.6 Å². The highest BCUT2D eigenvalue weighted by atomic mass is 31.1. The second-order valence-electron chi connectivity index (χ2n) is 4.67. The van der Waals surface area contributed by atoms with Crippen molar-refractivity contribution < 1.29 is 0 Å². The maximum Gasteiger partial charge on any atom is -0.0173 e. The molecule has 1 aliphatic carbocycles. The van der Waals surface area contributed by atoms with Crippen LogP contribution >= 0.6 is 8.58 Å². The molecule has 0 N–H and O–H groups in total. The van der Waals surface area contributed by atoms with E-state index in [-0.39, 0.29) is 0 Å². The third-order valence-corrected chi connectivity index (χ3v) is 4.69. The Morgan fingerprint density at radius 3 is 1.36 bits per heavy atom. The molecule has 1 fully saturated rings. The van der Waals surface area contributed by atoms with Crippen molar-refractivity contribution in [2.45, 2.75) is 76.3 Å². The normalized spacial score (nSPS) is 24.6. The highest BCUT2D eigenvalue weighted by molar-refractivity contribution is 7.37. The number of hydrogen-bond acceptors (Lipinski definition) is 0. The maximum absolute atomic E-state index is 2.34. The van der Waals surface area contributed by atoms with Crippen molar-refractivity contribution >= 4 is 8.58 Å². The molecule has 0 aromatic rings. The summed E-state index contributed by atoms with van der Waals surface area (Å²) in [6, 6.07) is 0. The van der Waals surface area contributed by atoms with Gasteiger partial charge in [-0.3, -0.25) is 0 Å². The Morgan fingerprint density at radius 2 is 1.00 bits per heavy atom. The Morgan fingerprint density at radius 1 is 0.643 bits per heavy atom. The summed E-state index contributed by atoms with van der Waals surface area (Å²) in [7, 11) is 1.64. The number of hydrogen-bond donors (Lipinski definition) is 0. The minimum absolute atomic E-state index is 1.02. The highest BCUT2D eigenvalue weighted by Gasteiger charge is 2.07. The van der Waals surface area contributed by atoms with Crippen molar-refractivity contribution in [1.82, 2.24) is 0 Å². The largest absolute Gasteiger partial charge is 0.0810 e. The lowest BCUT2D eigenvalue weighted by Crippen LogP contribution is -2.01. The van der Waals surface area contributed by atoms with Gasteiger partial charge in [0.05, 0.1) is 0 Å². The molecule has 0 aliphatic heterocycles. The van der Waals surface area contributed by atoms with E-state index >= 15 is 0 Å². The van der Waals surface area contributed by atoms with Crippen LogP contribution in [0.3, 0.4) is 0 Å². The predicted molar refractivity (Wildman–Crippen MR) is 67.4 cm³/mol. The second-order valence-corrected chi connectivity index (χ2v) is 5.92. The Bertz CT molecular complexity index is 110. The average Bonchev–Trinajstić information content (AvgIpc) is 2.19. The van der Waals surface area contributed by atoms with Crippen LogP contribution in [0.1, 0.15) is 70.6 Å². The molecule has 0 bridgehead atoms. The van der Waals surface area contributed by atoms with Crippen molar-refractivity contribution in [3.63, 3.8) is 0 Å². The third kappa shape index (κ3) is 6.02. The molecule has 1 rings (SSSR count). The molecular formula is C13H26P. The standard InChI is InChI=1S/C13H26P/c1-14-13-11-9-7-5-3-2-4-6-8-10-12-13/h13H,2-12H2,1H3. The van der Waals surface area contributed by atoms with Crippen LogP contribution in [0, 0.1) is 0 Å². The molecule has 14 heavy (non-hydrogen) atoms. The van der Waals surface area contributed by atoms with E-state index in [0.29, 0.717) is 0 Å². The first-order chi connectivity index (χ1) is 6.93. The third-order valence-electron chi connectivity index (χ3n) is 3.44. The van der Waals surface area contributed by atoms with E-state index in [9.17, 15) is 0 Å². The fourth-order valence-electron chi connectivity index (χ4n) is 2.40. The predicted octanol–water partition coefficient (Wildman–Crippen LogP) is 5.24. The summed E-state index contributed by atoms with van der Waals surface area (Å²) in [5.74, 6) is 0. The van der Waals surface area contributed by atoms with Crippen LogP contribution in [0.2, 0.25) is 0 Å². The van der Waals surface area contributed by atoms with Gasteiger partial charge < -0.3 is 0 Å². The lowest BCUT2D eigenvalue weighted by molar-refractivity contribution is 0.509. The molecule has 0 unspecified atom stereocenters. The zero-order valence-corrected chi connectivity index (χ0v) is 10.7. The van der Waals surface area contributed by atoms with Crippen LogP contribution in [0.4, 0.5) is 0 Å². The van der Waals surface area contributed by atoms with Crippen molar-refractivity contribution in [2.24, 2.45) is 0 Å². The van der Waals surface area contributed by atoms with E-state index in [1.807, 2.05) is 0 Å². The Balaban J connectivity index is 2.17. The molecule has 1 heteroatoms. The van der Waals surface area contributed by atoms with Gasteiger partial charge in [-0.15, -0.1) is 0 Å². The summed E-state index contributed by atoms with van der Waals surface area (Å²) in [6.07, 6.45) is 16.4. The smallest absolute Gasteiger partial charge is 0.0173 e. The van der Waals surface area contributed by atoms with Crippen molar-refractivity contribution in [3.8, 4) is 0 Å². The van der Waals surface area contributed by atoms with Crippen molar-refractivity contribution in [3.05, 3.63) is 0 Å². The lowest BCUT2D eigenvalue weighted by atomic mass is 10.0. The Labute approximate surface area is 92.0 Å². The summed E-state index contributed by atoms with van der Waals surface area (Å²) < 4.78 is 0. The van der Waals surface area contributed by atoms with Crippen LogP contribution in [0.25, 0.3) is 0 Å². The molecule has 1 radical (unpaired) electrons. The average molecular weight is 213 g/mol. The summed E-state index contributed by atoms with van der Waals surface area (Å²) in [6.45, 7) is 2.34. The van der Waals surface area contributed by atoms with Gasteiger partial charge in [0.1, 0.15) is 0 Å². The second kappa shape index (κ2) is 8.72.